The molecule has 0 bridgehead atoms. The lowest BCUT2D eigenvalue weighted by Gasteiger charge is -2.27. The first-order chi connectivity index (χ1) is 7.33. The summed E-state index contributed by atoms with van der Waals surface area (Å²) in [6.45, 7) is 10.8. The van der Waals surface area contributed by atoms with Gasteiger partial charge in [-0.15, -0.1) is 6.58 Å². The highest BCUT2D eigenvalue weighted by molar-refractivity contribution is 7.80. The largest absolute Gasteiger partial charge is 0.361 e. The normalized spacial score (nSPS) is 17.1. The molecule has 5 heteroatoms. The van der Waals surface area contributed by atoms with Crippen molar-refractivity contribution in [2.45, 2.75) is 0 Å². The van der Waals surface area contributed by atoms with Crippen LogP contribution in [0.3, 0.4) is 0 Å². The quantitative estimate of drug-likeness (QED) is 0.439. The molecule has 1 saturated heterocycles. The van der Waals surface area contributed by atoms with Gasteiger partial charge in [-0.2, -0.15) is 0 Å². The van der Waals surface area contributed by atoms with E-state index in [0.29, 0.717) is 5.11 Å². The molecule has 4 nitrogen and oxygen atoms in total. The van der Waals surface area contributed by atoms with E-state index in [1.165, 1.54) is 0 Å². The summed E-state index contributed by atoms with van der Waals surface area (Å²) < 4.78 is 0. The fourth-order valence-electron chi connectivity index (χ4n) is 1.49. The van der Waals surface area contributed by atoms with Crippen LogP contribution >= 0.6 is 12.2 Å². The van der Waals surface area contributed by atoms with E-state index in [-0.39, 0.29) is 0 Å². The van der Waals surface area contributed by atoms with Crippen LogP contribution in [0, 0.1) is 0 Å². The minimum atomic E-state index is 0.713. The Morgan fingerprint density at radius 3 is 2.80 bits per heavy atom. The Hall–Kier alpha value is -0.650. The van der Waals surface area contributed by atoms with Gasteiger partial charge in [-0.05, 0) is 12.2 Å². The second kappa shape index (κ2) is 7.62. The molecule has 1 aliphatic heterocycles. The number of hydrogen-bond donors (Lipinski definition) is 3. The third kappa shape index (κ3) is 5.71. The van der Waals surface area contributed by atoms with Crippen molar-refractivity contribution < 1.29 is 0 Å². The molecule has 0 aromatic rings. The molecule has 0 aliphatic carbocycles. The smallest absolute Gasteiger partial charge is 0.166 e. The third-order valence-corrected chi connectivity index (χ3v) is 2.62. The highest BCUT2D eigenvalue weighted by Gasteiger charge is 2.08. The molecule has 1 rings (SSSR count). The first kappa shape index (κ1) is 12.4. The molecule has 0 aromatic heterocycles. The number of hydrogen-bond acceptors (Lipinski definition) is 3. The van der Waals surface area contributed by atoms with Crippen LogP contribution in [0.25, 0.3) is 0 Å². The van der Waals surface area contributed by atoms with E-state index in [4.69, 9.17) is 12.2 Å². The molecule has 1 aliphatic rings. The highest BCUT2D eigenvalue weighted by atomic mass is 32.1. The molecule has 1 fully saturated rings. The number of thiocarbonyl (C=S) groups is 1. The minimum Gasteiger partial charge on any atom is -0.361 e. The van der Waals surface area contributed by atoms with Crippen LogP contribution in [0.15, 0.2) is 12.7 Å². The molecule has 0 amide bonds. The molecular weight excluding hydrogens is 208 g/mol. The van der Waals surface area contributed by atoms with Crippen molar-refractivity contribution in [1.82, 2.24) is 20.9 Å². The lowest BCUT2D eigenvalue weighted by atomic mass is 10.3. The maximum Gasteiger partial charge on any atom is 0.166 e. The molecule has 0 atom stereocenters. The van der Waals surface area contributed by atoms with Gasteiger partial charge in [-0.3, -0.25) is 4.90 Å². The van der Waals surface area contributed by atoms with Crippen LogP contribution < -0.4 is 16.0 Å². The van der Waals surface area contributed by atoms with Crippen LogP contribution in [0.4, 0.5) is 0 Å². The SMILES string of the molecule is C=CCNC(=S)NCCN1CCNCC1. The summed E-state index contributed by atoms with van der Waals surface area (Å²) in [5, 5.41) is 10.3. The van der Waals surface area contributed by atoms with Crippen LogP contribution in [-0.4, -0.2) is 55.8 Å². The summed E-state index contributed by atoms with van der Waals surface area (Å²) in [4.78, 5) is 2.43. The molecule has 0 spiro atoms. The van der Waals surface area contributed by atoms with E-state index in [0.717, 1.165) is 45.8 Å². The number of rotatable bonds is 5. The fourth-order valence-corrected chi connectivity index (χ4v) is 1.68. The summed E-state index contributed by atoms with van der Waals surface area (Å²) in [6.07, 6.45) is 1.80. The van der Waals surface area contributed by atoms with Crippen molar-refractivity contribution in [3.63, 3.8) is 0 Å². The summed E-state index contributed by atoms with van der Waals surface area (Å²) in [7, 11) is 0. The maximum absolute atomic E-state index is 5.09. The van der Waals surface area contributed by atoms with Crippen LogP contribution in [0.1, 0.15) is 0 Å². The van der Waals surface area contributed by atoms with Gasteiger partial charge in [0.2, 0.25) is 0 Å². The van der Waals surface area contributed by atoms with Gasteiger partial charge in [0.15, 0.2) is 5.11 Å². The van der Waals surface area contributed by atoms with Crippen molar-refractivity contribution in [2.24, 2.45) is 0 Å². The molecule has 15 heavy (non-hydrogen) atoms. The van der Waals surface area contributed by atoms with Crippen LogP contribution in [-0.2, 0) is 0 Å². The van der Waals surface area contributed by atoms with Gasteiger partial charge in [0.25, 0.3) is 0 Å². The minimum absolute atomic E-state index is 0.713. The van der Waals surface area contributed by atoms with Gasteiger partial charge in [0.1, 0.15) is 0 Å². The Labute approximate surface area is 97.1 Å². The Balaban J connectivity index is 1.99. The average Bonchev–Trinajstić information content (AvgIpc) is 2.28. The summed E-state index contributed by atoms with van der Waals surface area (Å²) in [6, 6.07) is 0. The topological polar surface area (TPSA) is 39.3 Å². The van der Waals surface area contributed by atoms with E-state index in [9.17, 15) is 0 Å². The summed E-state index contributed by atoms with van der Waals surface area (Å²) in [5.41, 5.74) is 0. The molecule has 0 aromatic carbocycles. The number of piperazine rings is 1. The Morgan fingerprint density at radius 2 is 2.13 bits per heavy atom. The third-order valence-electron chi connectivity index (χ3n) is 2.33. The lowest BCUT2D eigenvalue weighted by molar-refractivity contribution is 0.244. The first-order valence-corrected chi connectivity index (χ1v) is 5.79. The van der Waals surface area contributed by atoms with Gasteiger partial charge < -0.3 is 16.0 Å². The van der Waals surface area contributed by atoms with E-state index in [1.54, 1.807) is 6.08 Å². The molecule has 0 radical (unpaired) electrons. The van der Waals surface area contributed by atoms with Crippen LogP contribution in [0.2, 0.25) is 0 Å². The zero-order chi connectivity index (χ0) is 10.9. The second-order valence-electron chi connectivity index (χ2n) is 3.52. The molecular formula is C10H20N4S. The van der Waals surface area contributed by atoms with Gasteiger partial charge in [0.05, 0.1) is 0 Å². The second-order valence-corrected chi connectivity index (χ2v) is 3.93. The molecule has 1 heterocycles. The van der Waals surface area contributed by atoms with E-state index >= 15 is 0 Å². The summed E-state index contributed by atoms with van der Waals surface area (Å²) in [5.74, 6) is 0. The molecule has 0 unspecified atom stereocenters. The number of nitrogens with one attached hydrogen (secondary N) is 3. The predicted octanol–water partition coefficient (Wildman–Crippen LogP) is -0.458. The zero-order valence-corrected chi connectivity index (χ0v) is 9.91. The maximum atomic E-state index is 5.09. The Kier molecular flexibility index (Phi) is 6.31. The van der Waals surface area contributed by atoms with Crippen molar-refractivity contribution in [2.75, 3.05) is 45.8 Å². The molecule has 86 valence electrons. The van der Waals surface area contributed by atoms with Crippen LogP contribution in [0.5, 0.6) is 0 Å². The molecule has 3 N–H and O–H groups in total. The predicted molar refractivity (Wildman–Crippen MR) is 68.1 cm³/mol. The van der Waals surface area contributed by atoms with Crippen molar-refractivity contribution >= 4 is 17.3 Å². The van der Waals surface area contributed by atoms with E-state index in [2.05, 4.69) is 27.4 Å². The van der Waals surface area contributed by atoms with Gasteiger partial charge in [0, 0.05) is 45.8 Å². The Bertz CT molecular complexity index is 202. The number of nitrogens with zero attached hydrogens (tertiary/aromatic N) is 1. The lowest BCUT2D eigenvalue weighted by Crippen LogP contribution is -2.47. The fraction of sp³-hybridized carbons (Fsp3) is 0.700. The van der Waals surface area contributed by atoms with Crippen molar-refractivity contribution in [1.29, 1.82) is 0 Å². The van der Waals surface area contributed by atoms with Crippen molar-refractivity contribution in [3.8, 4) is 0 Å². The Morgan fingerprint density at radius 1 is 1.40 bits per heavy atom. The standard InChI is InChI=1S/C10H20N4S/c1-2-3-12-10(15)13-6-9-14-7-4-11-5-8-14/h2,11H,1,3-9H2,(H2,12,13,15). The van der Waals surface area contributed by atoms with Gasteiger partial charge >= 0.3 is 0 Å². The van der Waals surface area contributed by atoms with E-state index < -0.39 is 0 Å². The highest BCUT2D eigenvalue weighted by Crippen LogP contribution is 1.89. The monoisotopic (exact) mass is 228 g/mol. The summed E-state index contributed by atoms with van der Waals surface area (Å²) >= 11 is 5.09. The molecule has 0 saturated carbocycles. The first-order valence-electron chi connectivity index (χ1n) is 5.38. The van der Waals surface area contributed by atoms with Gasteiger partial charge in [-0.25, -0.2) is 0 Å². The zero-order valence-electron chi connectivity index (χ0n) is 9.09. The average molecular weight is 228 g/mol. The van der Waals surface area contributed by atoms with Gasteiger partial charge in [-0.1, -0.05) is 6.08 Å². The van der Waals surface area contributed by atoms with Crippen molar-refractivity contribution in [3.05, 3.63) is 12.7 Å². The van der Waals surface area contributed by atoms with E-state index in [1.807, 2.05) is 0 Å².